The maximum Gasteiger partial charge on any atom is 0.311 e. The summed E-state index contributed by atoms with van der Waals surface area (Å²) < 4.78 is 38.5. The predicted molar refractivity (Wildman–Crippen MR) is 106 cm³/mol. The highest BCUT2D eigenvalue weighted by Gasteiger charge is 2.26. The lowest BCUT2D eigenvalue weighted by atomic mass is 10.2. The molecule has 1 fully saturated rings. The molecule has 4 rings (SSSR count). The molecule has 1 saturated heterocycles. The van der Waals surface area contributed by atoms with E-state index < -0.39 is 10.0 Å². The number of ether oxygens (including phenoxy) is 1. The molecule has 1 aromatic carbocycles. The highest BCUT2D eigenvalue weighted by atomic mass is 32.2. The monoisotopic (exact) mass is 431 g/mol. The lowest BCUT2D eigenvalue weighted by molar-refractivity contribution is 0.0754. The number of benzene rings is 1. The van der Waals surface area contributed by atoms with Crippen LogP contribution >= 0.6 is 0 Å². The molecule has 1 aliphatic heterocycles. The second-order valence-electron chi connectivity index (χ2n) is 6.80. The number of amides is 1. The average Bonchev–Trinajstić information content (AvgIpc) is 3.52. The van der Waals surface area contributed by atoms with Crippen LogP contribution in [-0.2, 0) is 16.6 Å². The van der Waals surface area contributed by atoms with Crippen molar-refractivity contribution < 1.29 is 22.4 Å². The number of carbonyl (C=O) groups excluding carboxylic acids is 1. The number of hydrogen-bond donors (Lipinski definition) is 2. The number of nitrogens with one attached hydrogen (secondary N) is 2. The summed E-state index contributed by atoms with van der Waals surface area (Å²) >= 11 is 0. The zero-order valence-electron chi connectivity index (χ0n) is 16.3. The number of aromatic nitrogens is 3. The van der Waals surface area contributed by atoms with Gasteiger partial charge in [0.2, 0.25) is 10.0 Å². The minimum Gasteiger partial charge on any atom is -0.496 e. The number of methoxy groups -OCH3 is 1. The van der Waals surface area contributed by atoms with Gasteiger partial charge in [-0.05, 0) is 25.0 Å². The van der Waals surface area contributed by atoms with Crippen LogP contribution in [0.1, 0.15) is 29.1 Å². The molecule has 1 aliphatic rings. The Kier molecular flexibility index (Phi) is 5.55. The molecule has 158 valence electrons. The molecule has 0 unspecified atom stereocenters. The summed E-state index contributed by atoms with van der Waals surface area (Å²) in [7, 11) is -2.27. The topological polar surface area (TPSA) is 130 Å². The van der Waals surface area contributed by atoms with Crippen LogP contribution in [0.4, 0.5) is 0 Å². The Labute approximate surface area is 173 Å². The third-order valence-corrected chi connectivity index (χ3v) is 6.22. The van der Waals surface area contributed by atoms with E-state index in [1.807, 2.05) is 6.07 Å². The molecule has 0 spiro atoms. The van der Waals surface area contributed by atoms with Crippen molar-refractivity contribution in [3.63, 3.8) is 0 Å². The van der Waals surface area contributed by atoms with Crippen LogP contribution in [0.2, 0.25) is 0 Å². The molecule has 30 heavy (non-hydrogen) atoms. The lowest BCUT2D eigenvalue weighted by Crippen LogP contribution is -2.27. The van der Waals surface area contributed by atoms with Crippen molar-refractivity contribution in [2.24, 2.45) is 0 Å². The first-order valence-corrected chi connectivity index (χ1v) is 10.9. The molecule has 0 aliphatic carbocycles. The molecule has 10 nitrogen and oxygen atoms in total. The Hall–Kier alpha value is -3.18. The highest BCUT2D eigenvalue weighted by Crippen LogP contribution is 2.23. The van der Waals surface area contributed by atoms with Gasteiger partial charge >= 0.3 is 11.8 Å². The number of aromatic amines is 1. The second-order valence-corrected chi connectivity index (χ2v) is 8.56. The van der Waals surface area contributed by atoms with E-state index in [0.717, 1.165) is 12.8 Å². The van der Waals surface area contributed by atoms with Crippen LogP contribution in [0.5, 0.6) is 5.75 Å². The first kappa shape index (κ1) is 20.1. The van der Waals surface area contributed by atoms with E-state index in [4.69, 9.17) is 9.15 Å². The fourth-order valence-electron chi connectivity index (χ4n) is 3.23. The summed E-state index contributed by atoms with van der Waals surface area (Å²) in [6.45, 7) is 1.40. The van der Waals surface area contributed by atoms with Crippen molar-refractivity contribution in [3.05, 3.63) is 48.0 Å². The van der Waals surface area contributed by atoms with Crippen LogP contribution in [0.3, 0.4) is 0 Å². The number of rotatable bonds is 7. The Balaban J connectivity index is 1.47. The third-order valence-electron chi connectivity index (χ3n) is 4.84. The van der Waals surface area contributed by atoms with E-state index in [2.05, 4.69) is 19.9 Å². The number of carbonyl (C=O) groups is 1. The standard InChI is InChI=1S/C19H21N5O5S/c1-28-16-7-3-2-6-13(16)11-21-30(26,27)14-10-15(20-12-14)17-22-23-18(29-17)19(25)24-8-4-5-9-24/h2-3,6-7,10,12,20-21H,4-5,8-9,11H2,1H3. The molecule has 2 N–H and O–H groups in total. The molecular weight excluding hydrogens is 410 g/mol. The molecule has 1 amide bonds. The molecule has 0 atom stereocenters. The van der Waals surface area contributed by atoms with E-state index in [1.54, 1.807) is 23.1 Å². The van der Waals surface area contributed by atoms with Gasteiger partial charge in [0.05, 0.1) is 7.11 Å². The van der Waals surface area contributed by atoms with Crippen LogP contribution in [0.25, 0.3) is 11.6 Å². The number of H-pyrrole nitrogens is 1. The van der Waals surface area contributed by atoms with Gasteiger partial charge in [0, 0.05) is 31.4 Å². The summed E-state index contributed by atoms with van der Waals surface area (Å²) in [6, 6.07) is 8.53. The van der Waals surface area contributed by atoms with Crippen molar-refractivity contribution >= 4 is 15.9 Å². The molecule has 11 heteroatoms. The first-order chi connectivity index (χ1) is 14.5. The highest BCUT2D eigenvalue weighted by molar-refractivity contribution is 7.89. The zero-order valence-corrected chi connectivity index (χ0v) is 17.1. The normalized spacial score (nSPS) is 14.2. The van der Waals surface area contributed by atoms with Crippen LogP contribution in [0.15, 0.2) is 45.8 Å². The van der Waals surface area contributed by atoms with E-state index >= 15 is 0 Å². The first-order valence-electron chi connectivity index (χ1n) is 9.41. The minimum atomic E-state index is -3.80. The van der Waals surface area contributed by atoms with Crippen molar-refractivity contribution in [3.8, 4) is 17.3 Å². The van der Waals surface area contributed by atoms with Gasteiger partial charge in [-0.25, -0.2) is 13.1 Å². The van der Waals surface area contributed by atoms with Crippen LogP contribution in [0, 0.1) is 0 Å². The van der Waals surface area contributed by atoms with Gasteiger partial charge in [-0.2, -0.15) is 0 Å². The zero-order chi connectivity index (χ0) is 21.1. The number of sulfonamides is 1. The summed E-state index contributed by atoms with van der Waals surface area (Å²) in [5.41, 5.74) is 1.02. The number of likely N-dealkylation sites (tertiary alicyclic amines) is 1. The Morgan fingerprint density at radius 3 is 2.80 bits per heavy atom. The average molecular weight is 431 g/mol. The van der Waals surface area contributed by atoms with E-state index in [9.17, 15) is 13.2 Å². The molecule has 0 saturated carbocycles. The predicted octanol–water partition coefficient (Wildman–Crippen LogP) is 1.79. The van der Waals surface area contributed by atoms with Gasteiger partial charge in [0.25, 0.3) is 5.89 Å². The van der Waals surface area contributed by atoms with Gasteiger partial charge in [0.1, 0.15) is 16.3 Å². The molecule has 3 aromatic rings. The second kappa shape index (κ2) is 8.28. The summed E-state index contributed by atoms with van der Waals surface area (Å²) in [6.07, 6.45) is 3.23. The lowest BCUT2D eigenvalue weighted by Gasteiger charge is -2.11. The molecule has 0 radical (unpaired) electrons. The summed E-state index contributed by atoms with van der Waals surface area (Å²) in [5.74, 6) is 0.212. The maximum absolute atomic E-state index is 12.6. The van der Waals surface area contributed by atoms with E-state index in [1.165, 1.54) is 19.4 Å². The van der Waals surface area contributed by atoms with Gasteiger partial charge in [-0.3, -0.25) is 4.79 Å². The van der Waals surface area contributed by atoms with Gasteiger partial charge in [-0.15, -0.1) is 10.2 Å². The third kappa shape index (κ3) is 4.07. The van der Waals surface area contributed by atoms with Crippen molar-refractivity contribution in [1.82, 2.24) is 24.8 Å². The van der Waals surface area contributed by atoms with E-state index in [-0.39, 0.29) is 29.1 Å². The van der Waals surface area contributed by atoms with Crippen molar-refractivity contribution in [2.45, 2.75) is 24.3 Å². The molecular formula is C19H21N5O5S. The SMILES string of the molecule is COc1ccccc1CNS(=O)(=O)c1c[nH]c(-c2nnc(C(=O)N3CCCC3)o2)c1. The molecule has 2 aromatic heterocycles. The van der Waals surface area contributed by atoms with Gasteiger partial charge in [-0.1, -0.05) is 18.2 Å². The summed E-state index contributed by atoms with van der Waals surface area (Å²) in [5, 5.41) is 7.66. The Bertz CT molecular complexity index is 1150. The number of nitrogens with zero attached hydrogens (tertiary/aromatic N) is 3. The van der Waals surface area contributed by atoms with E-state index in [0.29, 0.717) is 30.1 Å². The fourth-order valence-corrected chi connectivity index (χ4v) is 4.23. The quantitative estimate of drug-likeness (QED) is 0.583. The van der Waals surface area contributed by atoms with Gasteiger partial charge in [0.15, 0.2) is 0 Å². The van der Waals surface area contributed by atoms with Crippen molar-refractivity contribution in [1.29, 1.82) is 0 Å². The fraction of sp³-hybridized carbons (Fsp3) is 0.316. The Morgan fingerprint density at radius 2 is 2.03 bits per heavy atom. The minimum absolute atomic E-state index is 0.0121. The maximum atomic E-state index is 12.6. The number of hydrogen-bond acceptors (Lipinski definition) is 7. The van der Waals surface area contributed by atoms with Crippen LogP contribution in [-0.4, -0.2) is 54.6 Å². The largest absolute Gasteiger partial charge is 0.496 e. The number of para-hydroxylation sites is 1. The van der Waals surface area contributed by atoms with Crippen LogP contribution < -0.4 is 9.46 Å². The smallest absolute Gasteiger partial charge is 0.311 e. The molecule has 3 heterocycles. The van der Waals surface area contributed by atoms with Crippen molar-refractivity contribution in [2.75, 3.05) is 20.2 Å². The summed E-state index contributed by atoms with van der Waals surface area (Å²) in [4.78, 5) is 16.8. The molecule has 0 bridgehead atoms. The Morgan fingerprint density at radius 1 is 1.27 bits per heavy atom. The van der Waals surface area contributed by atoms with Gasteiger partial charge < -0.3 is 19.0 Å².